The van der Waals surface area contributed by atoms with Crippen molar-refractivity contribution in [3.63, 3.8) is 0 Å². The zero-order valence-electron chi connectivity index (χ0n) is 18.4. The lowest BCUT2D eigenvalue weighted by atomic mass is 10.00. The average molecular weight is 473 g/mol. The molecule has 3 aromatic carbocycles. The molecule has 10 nitrogen and oxygen atoms in total. The minimum Gasteiger partial charge on any atom is -0.500 e. The number of hydrogen-bond acceptors (Lipinski definition) is 7. The van der Waals surface area contributed by atoms with Crippen LogP contribution in [0.25, 0.3) is 6.08 Å². The lowest BCUT2D eigenvalue weighted by Gasteiger charge is -2.12. The third kappa shape index (κ3) is 4.58. The highest BCUT2D eigenvalue weighted by atomic mass is 16.6. The monoisotopic (exact) mass is 473 g/mol. The van der Waals surface area contributed by atoms with Gasteiger partial charge < -0.3 is 14.9 Å². The maximum Gasteiger partial charge on any atom is 0.335 e. The minimum absolute atomic E-state index is 0.0142. The number of phenolic OH excluding ortho intramolecular Hbond substituents is 1. The first-order valence-electron chi connectivity index (χ1n) is 10.5. The van der Waals surface area contributed by atoms with Gasteiger partial charge in [0, 0.05) is 11.6 Å². The molecule has 0 aliphatic carbocycles. The summed E-state index contributed by atoms with van der Waals surface area (Å²) in [7, 11) is 0. The van der Waals surface area contributed by atoms with Crippen molar-refractivity contribution in [2.24, 2.45) is 5.10 Å². The topological polar surface area (TPSA) is 143 Å². The lowest BCUT2D eigenvalue weighted by molar-refractivity contribution is -0.386. The zero-order chi connectivity index (χ0) is 25.1. The number of ether oxygens (including phenoxy) is 1. The molecule has 0 fully saturated rings. The van der Waals surface area contributed by atoms with Crippen LogP contribution in [0.5, 0.6) is 11.5 Å². The van der Waals surface area contributed by atoms with Crippen molar-refractivity contribution in [2.75, 3.05) is 11.6 Å². The number of carbonyl (C=O) groups is 2. The summed E-state index contributed by atoms with van der Waals surface area (Å²) in [6, 6.07) is 17.2. The SMILES string of the molecule is CCOc1cc(/C=C2/C(=O)N(c3cccc(C(=O)O)c3)N=C2c2ccccc2)cc([N+](=O)[O-])c1O. The van der Waals surface area contributed by atoms with Gasteiger partial charge in [0.05, 0.1) is 28.4 Å². The van der Waals surface area contributed by atoms with Crippen molar-refractivity contribution in [1.82, 2.24) is 0 Å². The Kier molecular flexibility index (Phi) is 6.27. The van der Waals surface area contributed by atoms with E-state index in [4.69, 9.17) is 4.74 Å². The molecular weight excluding hydrogens is 454 g/mol. The Morgan fingerprint density at radius 3 is 2.54 bits per heavy atom. The number of hydrazone groups is 1. The van der Waals surface area contributed by atoms with Crippen molar-refractivity contribution in [3.8, 4) is 11.5 Å². The van der Waals surface area contributed by atoms with Crippen molar-refractivity contribution in [2.45, 2.75) is 6.92 Å². The van der Waals surface area contributed by atoms with E-state index in [1.54, 1.807) is 43.3 Å². The summed E-state index contributed by atoms with van der Waals surface area (Å²) in [6.45, 7) is 1.83. The molecule has 0 saturated heterocycles. The lowest BCUT2D eigenvalue weighted by Crippen LogP contribution is -2.21. The smallest absolute Gasteiger partial charge is 0.335 e. The van der Waals surface area contributed by atoms with Crippen LogP contribution in [0.3, 0.4) is 0 Å². The van der Waals surface area contributed by atoms with Gasteiger partial charge in [0.15, 0.2) is 5.75 Å². The largest absolute Gasteiger partial charge is 0.500 e. The van der Waals surface area contributed by atoms with E-state index in [1.165, 1.54) is 30.3 Å². The number of aromatic hydroxyl groups is 1. The second kappa shape index (κ2) is 9.48. The molecule has 0 radical (unpaired) electrons. The number of rotatable bonds is 7. The molecule has 1 heterocycles. The molecule has 0 unspecified atom stereocenters. The Hall–Kier alpha value is -4.99. The molecule has 0 atom stereocenters. The van der Waals surface area contributed by atoms with Gasteiger partial charge in [-0.25, -0.2) is 4.79 Å². The maximum atomic E-state index is 13.5. The number of anilines is 1. The third-order valence-electron chi connectivity index (χ3n) is 5.15. The van der Waals surface area contributed by atoms with E-state index in [9.17, 15) is 29.9 Å². The molecule has 10 heteroatoms. The molecule has 0 saturated carbocycles. The molecule has 3 aromatic rings. The number of hydrogen-bond donors (Lipinski definition) is 2. The Labute approximate surface area is 199 Å². The number of carbonyl (C=O) groups excluding carboxylic acids is 1. The van der Waals surface area contributed by atoms with Crippen molar-refractivity contribution < 1.29 is 29.5 Å². The number of aromatic carboxylic acids is 1. The summed E-state index contributed by atoms with van der Waals surface area (Å²) >= 11 is 0. The second-order valence-electron chi connectivity index (χ2n) is 7.42. The summed E-state index contributed by atoms with van der Waals surface area (Å²) in [6.07, 6.45) is 1.42. The number of amides is 1. The first kappa shape index (κ1) is 23.2. The summed E-state index contributed by atoms with van der Waals surface area (Å²) in [5.74, 6) is -2.41. The Morgan fingerprint density at radius 1 is 1.14 bits per heavy atom. The molecule has 1 amide bonds. The van der Waals surface area contributed by atoms with E-state index in [0.29, 0.717) is 11.3 Å². The van der Waals surface area contributed by atoms with E-state index < -0.39 is 28.2 Å². The number of nitrogens with zero attached hydrogens (tertiary/aromatic N) is 3. The number of phenols is 1. The highest BCUT2D eigenvalue weighted by Crippen LogP contribution is 2.38. The van der Waals surface area contributed by atoms with Crippen molar-refractivity contribution >= 4 is 35.0 Å². The van der Waals surface area contributed by atoms with Gasteiger partial charge in [-0.3, -0.25) is 14.9 Å². The Balaban J connectivity index is 1.87. The highest BCUT2D eigenvalue weighted by Gasteiger charge is 2.33. The summed E-state index contributed by atoms with van der Waals surface area (Å²) in [5, 5.41) is 36.5. The van der Waals surface area contributed by atoms with Gasteiger partial charge in [0.1, 0.15) is 5.71 Å². The van der Waals surface area contributed by atoms with Crippen LogP contribution in [0.1, 0.15) is 28.4 Å². The van der Waals surface area contributed by atoms with E-state index >= 15 is 0 Å². The molecule has 0 aromatic heterocycles. The van der Waals surface area contributed by atoms with Gasteiger partial charge in [-0.15, -0.1) is 0 Å². The summed E-state index contributed by atoms with van der Waals surface area (Å²) in [4.78, 5) is 35.6. The summed E-state index contributed by atoms with van der Waals surface area (Å²) in [5.41, 5.74) is 0.938. The van der Waals surface area contributed by atoms with E-state index in [1.807, 2.05) is 0 Å². The number of nitro groups is 1. The van der Waals surface area contributed by atoms with E-state index in [-0.39, 0.29) is 34.7 Å². The van der Waals surface area contributed by atoms with Crippen LogP contribution < -0.4 is 9.75 Å². The molecule has 4 rings (SSSR count). The van der Waals surface area contributed by atoms with Gasteiger partial charge in [0.25, 0.3) is 5.91 Å². The van der Waals surface area contributed by atoms with Crippen LogP contribution in [0.15, 0.2) is 77.4 Å². The normalized spacial score (nSPS) is 14.2. The van der Waals surface area contributed by atoms with Gasteiger partial charge in [-0.05, 0) is 42.8 Å². The number of nitro benzene ring substituents is 1. The molecule has 2 N–H and O–H groups in total. The van der Waals surface area contributed by atoms with Crippen molar-refractivity contribution in [3.05, 3.63) is 99.1 Å². The highest BCUT2D eigenvalue weighted by molar-refractivity contribution is 6.37. The first-order valence-corrected chi connectivity index (χ1v) is 10.5. The van der Waals surface area contributed by atoms with Gasteiger partial charge in [-0.1, -0.05) is 36.4 Å². The minimum atomic E-state index is -1.15. The molecule has 0 bridgehead atoms. The molecule has 35 heavy (non-hydrogen) atoms. The molecular formula is C25H19N3O7. The van der Waals surface area contributed by atoms with Crippen molar-refractivity contribution in [1.29, 1.82) is 0 Å². The fourth-order valence-corrected chi connectivity index (χ4v) is 3.57. The van der Waals surface area contributed by atoms with Crippen LogP contribution in [-0.2, 0) is 4.79 Å². The Morgan fingerprint density at radius 2 is 1.89 bits per heavy atom. The number of carboxylic acids is 1. The van der Waals surface area contributed by atoms with Gasteiger partial charge >= 0.3 is 11.7 Å². The Bertz CT molecular complexity index is 1400. The van der Waals surface area contributed by atoms with E-state index in [0.717, 1.165) is 11.1 Å². The number of benzene rings is 3. The van der Waals surface area contributed by atoms with Crippen LogP contribution in [-0.4, -0.2) is 39.3 Å². The quantitative estimate of drug-likeness (QED) is 0.297. The standard InChI is InChI=1S/C25H19N3O7/c1-2-35-21-13-15(12-20(23(21)29)28(33)34)11-19-22(16-7-4-3-5-8-16)26-27(24(19)30)18-10-6-9-17(14-18)25(31)32/h3-14,29H,2H2,1H3,(H,31,32)/b19-11+. The van der Waals surface area contributed by atoms with Crippen LogP contribution >= 0.6 is 0 Å². The van der Waals surface area contributed by atoms with Crippen LogP contribution in [0, 0.1) is 10.1 Å². The fourth-order valence-electron chi connectivity index (χ4n) is 3.57. The molecule has 0 spiro atoms. The average Bonchev–Trinajstić information content (AvgIpc) is 3.17. The fraction of sp³-hybridized carbons (Fsp3) is 0.0800. The third-order valence-corrected chi connectivity index (χ3v) is 5.15. The van der Waals surface area contributed by atoms with Crippen LogP contribution in [0.2, 0.25) is 0 Å². The zero-order valence-corrected chi connectivity index (χ0v) is 18.4. The predicted octanol–water partition coefficient (Wildman–Crippen LogP) is 4.23. The van der Waals surface area contributed by atoms with E-state index in [2.05, 4.69) is 5.10 Å². The second-order valence-corrected chi connectivity index (χ2v) is 7.42. The predicted molar refractivity (Wildman–Crippen MR) is 128 cm³/mol. The maximum absolute atomic E-state index is 13.5. The molecule has 1 aliphatic rings. The van der Waals surface area contributed by atoms with Gasteiger partial charge in [0.2, 0.25) is 5.75 Å². The van der Waals surface area contributed by atoms with Gasteiger partial charge in [-0.2, -0.15) is 10.1 Å². The first-order chi connectivity index (χ1) is 16.8. The molecule has 176 valence electrons. The summed E-state index contributed by atoms with van der Waals surface area (Å²) < 4.78 is 5.33. The van der Waals surface area contributed by atoms with Crippen LogP contribution in [0.4, 0.5) is 11.4 Å². The number of carboxylic acid groups (broad SMARTS) is 1. The molecule has 1 aliphatic heterocycles.